The monoisotopic (exact) mass is 248 g/mol. The highest BCUT2D eigenvalue weighted by Gasteiger charge is 2.35. The normalized spacial score (nSPS) is 22.8. The molecule has 0 saturated carbocycles. The summed E-state index contributed by atoms with van der Waals surface area (Å²) < 4.78 is 0. The molecule has 0 bridgehead atoms. The van der Waals surface area contributed by atoms with E-state index in [1.165, 1.54) is 6.92 Å². The smallest absolute Gasteiger partial charge is 0.404 e. The van der Waals surface area contributed by atoms with Gasteiger partial charge in [-0.05, 0) is 5.56 Å². The molecule has 0 spiro atoms. The van der Waals surface area contributed by atoms with Crippen molar-refractivity contribution in [3.63, 3.8) is 0 Å². The number of carbonyl (C=O) groups excluding carboxylic acids is 1. The fourth-order valence-electron chi connectivity index (χ4n) is 2.40. The first-order chi connectivity index (χ1) is 8.58. The van der Waals surface area contributed by atoms with E-state index < -0.39 is 6.09 Å². The van der Waals surface area contributed by atoms with E-state index in [1.807, 2.05) is 30.3 Å². The van der Waals surface area contributed by atoms with Crippen LogP contribution >= 0.6 is 0 Å². The van der Waals surface area contributed by atoms with Crippen LogP contribution in [0.5, 0.6) is 0 Å². The molecule has 5 nitrogen and oxygen atoms in total. The first-order valence-electron chi connectivity index (χ1n) is 5.88. The molecule has 2 amide bonds. The molecule has 2 N–H and O–H groups in total. The largest absolute Gasteiger partial charge is 0.465 e. The Labute approximate surface area is 105 Å². The van der Waals surface area contributed by atoms with Gasteiger partial charge in [-0.2, -0.15) is 0 Å². The highest BCUT2D eigenvalue weighted by atomic mass is 16.4. The number of rotatable bonds is 2. The Kier molecular flexibility index (Phi) is 3.50. The van der Waals surface area contributed by atoms with E-state index in [4.69, 9.17) is 5.11 Å². The van der Waals surface area contributed by atoms with E-state index in [0.717, 1.165) is 5.56 Å². The van der Waals surface area contributed by atoms with Crippen molar-refractivity contribution in [2.45, 2.75) is 18.9 Å². The number of likely N-dealkylation sites (tertiary alicyclic amines) is 1. The number of nitrogens with one attached hydrogen (secondary N) is 1. The lowest BCUT2D eigenvalue weighted by Gasteiger charge is -2.17. The molecule has 1 heterocycles. The summed E-state index contributed by atoms with van der Waals surface area (Å²) in [6.07, 6.45) is -1.05. The highest BCUT2D eigenvalue weighted by Crippen LogP contribution is 2.27. The summed E-state index contributed by atoms with van der Waals surface area (Å²) in [5, 5.41) is 11.3. The van der Waals surface area contributed by atoms with Crippen LogP contribution in [0.2, 0.25) is 0 Å². The van der Waals surface area contributed by atoms with Crippen molar-refractivity contribution in [3.05, 3.63) is 35.9 Å². The van der Waals surface area contributed by atoms with Crippen LogP contribution in [0.3, 0.4) is 0 Å². The lowest BCUT2D eigenvalue weighted by atomic mass is 9.94. The Morgan fingerprint density at radius 3 is 2.50 bits per heavy atom. The average molecular weight is 248 g/mol. The quantitative estimate of drug-likeness (QED) is 0.828. The lowest BCUT2D eigenvalue weighted by molar-refractivity contribution is -0.127. The summed E-state index contributed by atoms with van der Waals surface area (Å²) in [4.78, 5) is 23.9. The number of carbonyl (C=O) groups is 2. The zero-order chi connectivity index (χ0) is 13.1. The molecular weight excluding hydrogens is 232 g/mol. The zero-order valence-electron chi connectivity index (χ0n) is 10.2. The van der Waals surface area contributed by atoms with Crippen LogP contribution in [0.1, 0.15) is 18.4 Å². The SMILES string of the molecule is CC(=O)N1CC(NC(=O)O)C(c2ccccc2)C1. The number of nitrogens with zero attached hydrogens (tertiary/aromatic N) is 1. The molecule has 1 aromatic rings. The molecular formula is C13H16N2O3. The second-order valence-corrected chi connectivity index (χ2v) is 4.50. The van der Waals surface area contributed by atoms with Crippen molar-refractivity contribution in [2.24, 2.45) is 0 Å². The van der Waals surface area contributed by atoms with Crippen molar-refractivity contribution in [1.82, 2.24) is 10.2 Å². The molecule has 0 aliphatic carbocycles. The Balaban J connectivity index is 2.20. The first-order valence-corrected chi connectivity index (χ1v) is 5.88. The number of benzene rings is 1. The van der Waals surface area contributed by atoms with Gasteiger partial charge in [0.25, 0.3) is 0 Å². The predicted molar refractivity (Wildman–Crippen MR) is 66.4 cm³/mol. The molecule has 0 radical (unpaired) electrons. The van der Waals surface area contributed by atoms with Gasteiger partial charge in [0.15, 0.2) is 0 Å². The zero-order valence-corrected chi connectivity index (χ0v) is 10.2. The van der Waals surface area contributed by atoms with E-state index in [2.05, 4.69) is 5.32 Å². The Bertz CT molecular complexity index is 447. The summed E-state index contributed by atoms with van der Waals surface area (Å²) in [7, 11) is 0. The molecule has 96 valence electrons. The minimum Gasteiger partial charge on any atom is -0.465 e. The summed E-state index contributed by atoms with van der Waals surface area (Å²) >= 11 is 0. The van der Waals surface area contributed by atoms with Crippen molar-refractivity contribution in [1.29, 1.82) is 0 Å². The topological polar surface area (TPSA) is 69.6 Å². The third kappa shape index (κ3) is 2.61. The summed E-state index contributed by atoms with van der Waals surface area (Å²) in [5.74, 6) is -0.00294. The van der Waals surface area contributed by atoms with Crippen molar-refractivity contribution < 1.29 is 14.7 Å². The second kappa shape index (κ2) is 5.08. The van der Waals surface area contributed by atoms with Crippen LogP contribution in [0.25, 0.3) is 0 Å². The lowest BCUT2D eigenvalue weighted by Crippen LogP contribution is -2.39. The van der Waals surface area contributed by atoms with Gasteiger partial charge in [-0.1, -0.05) is 30.3 Å². The summed E-state index contributed by atoms with van der Waals surface area (Å²) in [5.41, 5.74) is 1.06. The van der Waals surface area contributed by atoms with Crippen molar-refractivity contribution >= 4 is 12.0 Å². The Morgan fingerprint density at radius 1 is 1.28 bits per heavy atom. The Hall–Kier alpha value is -2.04. The van der Waals surface area contributed by atoms with Crippen molar-refractivity contribution in [2.75, 3.05) is 13.1 Å². The van der Waals surface area contributed by atoms with E-state index in [9.17, 15) is 9.59 Å². The fraction of sp³-hybridized carbons (Fsp3) is 0.385. The van der Waals surface area contributed by atoms with E-state index in [1.54, 1.807) is 4.90 Å². The third-order valence-corrected chi connectivity index (χ3v) is 3.30. The minimum absolute atomic E-state index is 0.0196. The Morgan fingerprint density at radius 2 is 1.94 bits per heavy atom. The van der Waals surface area contributed by atoms with E-state index in [0.29, 0.717) is 13.1 Å². The molecule has 18 heavy (non-hydrogen) atoms. The van der Waals surface area contributed by atoms with Crippen LogP contribution in [-0.2, 0) is 4.79 Å². The van der Waals surface area contributed by atoms with Gasteiger partial charge in [0.1, 0.15) is 0 Å². The summed E-state index contributed by atoms with van der Waals surface area (Å²) in [6.45, 7) is 2.50. The third-order valence-electron chi connectivity index (χ3n) is 3.30. The van der Waals surface area contributed by atoms with E-state index >= 15 is 0 Å². The van der Waals surface area contributed by atoms with E-state index in [-0.39, 0.29) is 17.9 Å². The van der Waals surface area contributed by atoms with Crippen LogP contribution in [0, 0.1) is 0 Å². The first kappa shape index (κ1) is 12.4. The molecule has 2 unspecified atom stereocenters. The van der Waals surface area contributed by atoms with Gasteiger partial charge in [0.2, 0.25) is 5.91 Å². The van der Waals surface area contributed by atoms with Gasteiger partial charge in [-0.3, -0.25) is 4.79 Å². The predicted octanol–water partition coefficient (Wildman–Crippen LogP) is 1.27. The molecule has 1 aliphatic rings. The van der Waals surface area contributed by atoms with Gasteiger partial charge in [0.05, 0.1) is 6.04 Å². The van der Waals surface area contributed by atoms with Crippen LogP contribution in [0.15, 0.2) is 30.3 Å². The van der Waals surface area contributed by atoms with Gasteiger partial charge in [-0.15, -0.1) is 0 Å². The maximum Gasteiger partial charge on any atom is 0.404 e. The molecule has 1 saturated heterocycles. The highest BCUT2D eigenvalue weighted by molar-refractivity contribution is 5.74. The molecule has 5 heteroatoms. The van der Waals surface area contributed by atoms with Gasteiger partial charge in [-0.25, -0.2) is 4.79 Å². The molecule has 2 rings (SSSR count). The molecule has 1 aromatic carbocycles. The van der Waals surface area contributed by atoms with Crippen molar-refractivity contribution in [3.8, 4) is 0 Å². The number of carboxylic acid groups (broad SMARTS) is 1. The number of hydrogen-bond acceptors (Lipinski definition) is 2. The number of amides is 2. The second-order valence-electron chi connectivity index (χ2n) is 4.50. The van der Waals surface area contributed by atoms with Crippen LogP contribution in [0.4, 0.5) is 4.79 Å². The minimum atomic E-state index is -1.05. The molecule has 1 aliphatic heterocycles. The molecule has 1 fully saturated rings. The molecule has 2 atom stereocenters. The van der Waals surface area contributed by atoms with Crippen LogP contribution < -0.4 is 5.32 Å². The maximum atomic E-state index is 11.4. The standard InChI is InChI=1S/C13H16N2O3/c1-9(16)15-7-11(10-5-3-2-4-6-10)12(8-15)14-13(17)18/h2-6,11-12,14H,7-8H2,1H3,(H,17,18). The summed E-state index contributed by atoms with van der Waals surface area (Å²) in [6, 6.07) is 9.44. The average Bonchev–Trinajstić information content (AvgIpc) is 2.73. The fourth-order valence-corrected chi connectivity index (χ4v) is 2.40. The molecule has 0 aromatic heterocycles. The van der Waals surface area contributed by atoms with Gasteiger partial charge < -0.3 is 15.3 Å². The van der Waals surface area contributed by atoms with Gasteiger partial charge >= 0.3 is 6.09 Å². The van der Waals surface area contributed by atoms with Gasteiger partial charge in [0, 0.05) is 25.9 Å². The maximum absolute atomic E-state index is 11.4. The number of hydrogen-bond donors (Lipinski definition) is 2. The van der Waals surface area contributed by atoms with Crippen LogP contribution in [-0.4, -0.2) is 41.1 Å².